The van der Waals surface area contributed by atoms with Gasteiger partial charge in [0, 0.05) is 25.2 Å². The Morgan fingerprint density at radius 1 is 0.943 bits per heavy atom. The Hall–Kier alpha value is -3.10. The first-order valence-corrected chi connectivity index (χ1v) is 12.0. The number of amides is 2. The Balaban J connectivity index is 1.54. The van der Waals surface area contributed by atoms with Gasteiger partial charge >= 0.3 is 6.09 Å². The first kappa shape index (κ1) is 26.5. The molecule has 190 valence electrons. The molecule has 1 aliphatic heterocycles. The summed E-state index contributed by atoms with van der Waals surface area (Å²) >= 11 is 0. The Morgan fingerprint density at radius 3 is 2.06 bits per heavy atom. The fraction of sp³-hybridized carbons (Fsp3) is 0.481. The number of hydrogen-bond donors (Lipinski definition) is 3. The van der Waals surface area contributed by atoms with Gasteiger partial charge in [-0.05, 0) is 83.9 Å². The second kappa shape index (κ2) is 11.1. The molecule has 0 spiro atoms. The number of nitrogens with one attached hydrogen (secondary N) is 2. The van der Waals surface area contributed by atoms with E-state index in [2.05, 4.69) is 15.5 Å². The largest absolute Gasteiger partial charge is 0.490 e. The summed E-state index contributed by atoms with van der Waals surface area (Å²) in [4.78, 5) is 27.2. The van der Waals surface area contributed by atoms with E-state index in [-0.39, 0.29) is 12.0 Å². The molecular weight excluding hydrogens is 446 g/mol. The van der Waals surface area contributed by atoms with E-state index in [4.69, 9.17) is 9.47 Å². The summed E-state index contributed by atoms with van der Waals surface area (Å²) in [5, 5.41) is 15.5. The number of carbonyl (C=O) groups excluding carboxylic acids is 2. The van der Waals surface area contributed by atoms with Gasteiger partial charge in [-0.1, -0.05) is 12.1 Å². The Bertz CT molecular complexity index is 1000. The highest BCUT2D eigenvalue weighted by molar-refractivity contribution is 6.06. The second-order valence-corrected chi connectivity index (χ2v) is 10.6. The molecule has 35 heavy (non-hydrogen) atoms. The number of para-hydroxylation sites is 2. The quantitative estimate of drug-likeness (QED) is 0.518. The summed E-state index contributed by atoms with van der Waals surface area (Å²) in [6.45, 7) is 11.4. The van der Waals surface area contributed by atoms with Gasteiger partial charge < -0.3 is 24.8 Å². The maximum Gasteiger partial charge on any atom is 0.412 e. The van der Waals surface area contributed by atoms with E-state index in [0.717, 1.165) is 31.7 Å². The smallest absolute Gasteiger partial charge is 0.412 e. The van der Waals surface area contributed by atoms with Gasteiger partial charge in [0.15, 0.2) is 0 Å². The molecule has 0 saturated carbocycles. The van der Waals surface area contributed by atoms with Crippen molar-refractivity contribution in [1.82, 2.24) is 4.90 Å². The second-order valence-electron chi connectivity index (χ2n) is 10.6. The number of hydrogen-bond acceptors (Lipinski definition) is 6. The van der Waals surface area contributed by atoms with E-state index in [1.807, 2.05) is 13.8 Å². The van der Waals surface area contributed by atoms with Gasteiger partial charge in [-0.15, -0.1) is 0 Å². The number of aliphatic hydroxyl groups is 1. The summed E-state index contributed by atoms with van der Waals surface area (Å²) in [5.41, 5.74) is 0.0763. The standard InChI is InChI=1S/C27H37N3O5/c1-26(2,3)35-25(32)29-23-9-7-6-8-22(23)28-24(31)19-10-12-20(13-11-19)34-21-14-16-30(17-15-21)18-27(4,5)33/h6-13,21,33H,14-18H2,1-5H3,(H,28,31)(H,29,32). The topological polar surface area (TPSA) is 100 Å². The van der Waals surface area contributed by atoms with Crippen LogP contribution in [-0.4, -0.2) is 58.9 Å². The first-order chi connectivity index (χ1) is 16.4. The fourth-order valence-electron chi connectivity index (χ4n) is 3.92. The summed E-state index contributed by atoms with van der Waals surface area (Å²) in [7, 11) is 0. The van der Waals surface area contributed by atoms with Crippen LogP contribution in [0.4, 0.5) is 16.2 Å². The predicted molar refractivity (Wildman–Crippen MR) is 137 cm³/mol. The molecular formula is C27H37N3O5. The molecule has 0 atom stereocenters. The number of nitrogens with zero attached hydrogens (tertiary/aromatic N) is 1. The van der Waals surface area contributed by atoms with Crippen LogP contribution in [0, 0.1) is 0 Å². The van der Waals surface area contributed by atoms with Crippen LogP contribution in [0.25, 0.3) is 0 Å². The van der Waals surface area contributed by atoms with Crippen molar-refractivity contribution in [1.29, 1.82) is 0 Å². The molecule has 0 aromatic heterocycles. The Morgan fingerprint density at radius 2 is 1.51 bits per heavy atom. The fourth-order valence-corrected chi connectivity index (χ4v) is 3.92. The molecule has 0 radical (unpaired) electrons. The number of carbonyl (C=O) groups is 2. The minimum atomic E-state index is -0.698. The van der Waals surface area contributed by atoms with E-state index >= 15 is 0 Å². The summed E-state index contributed by atoms with van der Waals surface area (Å²) in [6, 6.07) is 14.0. The third-order valence-corrected chi connectivity index (χ3v) is 5.38. The molecule has 8 nitrogen and oxygen atoms in total. The molecule has 2 amide bonds. The number of piperidine rings is 1. The number of ether oxygens (including phenoxy) is 2. The Labute approximate surface area is 207 Å². The number of likely N-dealkylation sites (tertiary alicyclic amines) is 1. The zero-order chi connectivity index (χ0) is 25.6. The van der Waals surface area contributed by atoms with Crippen LogP contribution < -0.4 is 15.4 Å². The molecule has 8 heteroatoms. The molecule has 0 unspecified atom stereocenters. The highest BCUT2D eigenvalue weighted by Gasteiger charge is 2.25. The lowest BCUT2D eigenvalue weighted by atomic mass is 10.0. The maximum absolute atomic E-state index is 12.8. The molecule has 1 aliphatic rings. The Kier molecular flexibility index (Phi) is 8.40. The predicted octanol–water partition coefficient (Wildman–Crippen LogP) is 4.90. The minimum absolute atomic E-state index is 0.110. The van der Waals surface area contributed by atoms with Crippen LogP contribution in [-0.2, 0) is 4.74 Å². The zero-order valence-corrected chi connectivity index (χ0v) is 21.3. The van der Waals surface area contributed by atoms with Gasteiger partial charge in [0.25, 0.3) is 5.91 Å². The number of anilines is 2. The molecule has 2 aromatic carbocycles. The monoisotopic (exact) mass is 483 g/mol. The SMILES string of the molecule is CC(C)(O)CN1CCC(Oc2ccc(C(=O)Nc3ccccc3NC(=O)OC(C)(C)C)cc2)CC1. The normalized spacial score (nSPS) is 15.4. The summed E-state index contributed by atoms with van der Waals surface area (Å²) in [5.74, 6) is 0.421. The van der Waals surface area contributed by atoms with Crippen molar-refractivity contribution < 1.29 is 24.2 Å². The average Bonchev–Trinajstić information content (AvgIpc) is 2.74. The molecule has 0 aliphatic carbocycles. The lowest BCUT2D eigenvalue weighted by molar-refractivity contribution is 0.0140. The number of rotatable bonds is 7. The van der Waals surface area contributed by atoms with Crippen molar-refractivity contribution in [3.05, 3.63) is 54.1 Å². The van der Waals surface area contributed by atoms with Crippen LogP contribution in [0.15, 0.2) is 48.5 Å². The van der Waals surface area contributed by atoms with Gasteiger partial charge in [0.2, 0.25) is 0 Å². The summed E-state index contributed by atoms with van der Waals surface area (Å²) in [6.07, 6.45) is 1.30. The van der Waals surface area contributed by atoms with Crippen molar-refractivity contribution >= 4 is 23.4 Å². The number of benzene rings is 2. The third kappa shape index (κ3) is 8.88. The minimum Gasteiger partial charge on any atom is -0.490 e. The molecule has 1 heterocycles. The van der Waals surface area contributed by atoms with E-state index in [9.17, 15) is 14.7 Å². The van der Waals surface area contributed by atoms with E-state index in [1.165, 1.54) is 0 Å². The lowest BCUT2D eigenvalue weighted by Crippen LogP contribution is -2.45. The van der Waals surface area contributed by atoms with Gasteiger partial charge in [-0.25, -0.2) is 4.79 Å². The van der Waals surface area contributed by atoms with Crippen molar-refractivity contribution in [3.8, 4) is 5.75 Å². The van der Waals surface area contributed by atoms with E-state index in [1.54, 1.807) is 69.3 Å². The third-order valence-electron chi connectivity index (χ3n) is 5.38. The van der Waals surface area contributed by atoms with Crippen LogP contribution in [0.5, 0.6) is 5.75 Å². The average molecular weight is 484 g/mol. The van der Waals surface area contributed by atoms with E-state index < -0.39 is 17.3 Å². The first-order valence-electron chi connectivity index (χ1n) is 12.0. The molecule has 0 bridgehead atoms. The van der Waals surface area contributed by atoms with Gasteiger partial charge in [0.05, 0.1) is 17.0 Å². The van der Waals surface area contributed by atoms with Crippen LogP contribution >= 0.6 is 0 Å². The van der Waals surface area contributed by atoms with Crippen LogP contribution in [0.1, 0.15) is 57.8 Å². The number of β-amino-alcohol motifs (C(OH)–C–C–N with tert-alkyl or cyclic N) is 1. The van der Waals surface area contributed by atoms with E-state index in [0.29, 0.717) is 23.5 Å². The molecule has 3 N–H and O–H groups in total. The maximum atomic E-state index is 12.8. The molecule has 3 rings (SSSR count). The summed E-state index contributed by atoms with van der Waals surface area (Å²) < 4.78 is 11.4. The molecule has 2 aromatic rings. The lowest BCUT2D eigenvalue weighted by Gasteiger charge is -2.35. The van der Waals surface area contributed by atoms with Gasteiger partial charge in [-0.3, -0.25) is 10.1 Å². The molecule has 1 saturated heterocycles. The van der Waals surface area contributed by atoms with Gasteiger partial charge in [-0.2, -0.15) is 0 Å². The van der Waals surface area contributed by atoms with Crippen molar-refractivity contribution in [2.24, 2.45) is 0 Å². The van der Waals surface area contributed by atoms with Crippen molar-refractivity contribution in [2.75, 3.05) is 30.3 Å². The zero-order valence-electron chi connectivity index (χ0n) is 21.3. The highest BCUT2D eigenvalue weighted by Crippen LogP contribution is 2.24. The molecule has 1 fully saturated rings. The van der Waals surface area contributed by atoms with Crippen LogP contribution in [0.2, 0.25) is 0 Å². The van der Waals surface area contributed by atoms with Crippen LogP contribution in [0.3, 0.4) is 0 Å². The van der Waals surface area contributed by atoms with Crippen molar-refractivity contribution in [3.63, 3.8) is 0 Å². The highest BCUT2D eigenvalue weighted by atomic mass is 16.6. The van der Waals surface area contributed by atoms with Crippen molar-refractivity contribution in [2.45, 2.75) is 64.8 Å². The van der Waals surface area contributed by atoms with Gasteiger partial charge in [0.1, 0.15) is 17.5 Å².